The number of nitrogens with one attached hydrogen (secondary N) is 1. The molecule has 0 atom stereocenters. The second kappa shape index (κ2) is 6.41. The molecule has 6 nitrogen and oxygen atoms in total. The summed E-state index contributed by atoms with van der Waals surface area (Å²) < 4.78 is 6.35. The first-order chi connectivity index (χ1) is 10.0. The van der Waals surface area contributed by atoms with E-state index in [2.05, 4.69) is 10.4 Å². The van der Waals surface area contributed by atoms with Crippen molar-refractivity contribution in [2.45, 2.75) is 26.4 Å². The van der Waals surface area contributed by atoms with Crippen molar-refractivity contribution in [3.05, 3.63) is 46.4 Å². The average Bonchev–Trinajstić information content (AvgIpc) is 2.46. The predicted molar refractivity (Wildman–Crippen MR) is 80.0 cm³/mol. The zero-order valence-electron chi connectivity index (χ0n) is 12.3. The Morgan fingerprint density at radius 1 is 1.33 bits per heavy atom. The molecule has 0 saturated heterocycles. The van der Waals surface area contributed by atoms with Gasteiger partial charge in [-0.1, -0.05) is 13.8 Å². The maximum Gasteiger partial charge on any atom is 0.275 e. The van der Waals surface area contributed by atoms with Crippen LogP contribution in [0.5, 0.6) is 11.5 Å². The van der Waals surface area contributed by atoms with Gasteiger partial charge in [0.2, 0.25) is 0 Å². The van der Waals surface area contributed by atoms with Gasteiger partial charge < -0.3 is 15.2 Å². The summed E-state index contributed by atoms with van der Waals surface area (Å²) in [5, 5.41) is 17.2. The highest BCUT2D eigenvalue weighted by Crippen LogP contribution is 2.15. The summed E-state index contributed by atoms with van der Waals surface area (Å²) in [5.74, 6) is 0.602. The van der Waals surface area contributed by atoms with Gasteiger partial charge in [-0.3, -0.25) is 4.79 Å². The molecule has 0 radical (unpaired) electrons. The largest absolute Gasteiger partial charge is 0.506 e. The Hall–Kier alpha value is -2.34. The SMILES string of the molecule is COc1ccc(-n2nc(CNC(C)C)c(O)cc2=O)cc1. The second-order valence-electron chi connectivity index (χ2n) is 4.96. The van der Waals surface area contributed by atoms with E-state index < -0.39 is 0 Å². The zero-order chi connectivity index (χ0) is 15.4. The smallest absolute Gasteiger partial charge is 0.275 e. The molecular formula is C15H19N3O3. The fourth-order valence-corrected chi connectivity index (χ4v) is 1.82. The van der Waals surface area contributed by atoms with Gasteiger partial charge in [0.25, 0.3) is 5.56 Å². The number of nitrogens with zero attached hydrogens (tertiary/aromatic N) is 2. The number of rotatable bonds is 5. The van der Waals surface area contributed by atoms with Crippen molar-refractivity contribution in [3.8, 4) is 17.2 Å². The first kappa shape index (κ1) is 15.1. The highest BCUT2D eigenvalue weighted by Gasteiger charge is 2.10. The van der Waals surface area contributed by atoms with E-state index in [1.807, 2.05) is 13.8 Å². The summed E-state index contributed by atoms with van der Waals surface area (Å²) in [6.45, 7) is 4.38. The lowest BCUT2D eigenvalue weighted by atomic mass is 10.3. The van der Waals surface area contributed by atoms with Gasteiger partial charge in [-0.25, -0.2) is 0 Å². The van der Waals surface area contributed by atoms with E-state index in [9.17, 15) is 9.90 Å². The first-order valence-electron chi connectivity index (χ1n) is 6.71. The van der Waals surface area contributed by atoms with Crippen LogP contribution in [0.1, 0.15) is 19.5 Å². The highest BCUT2D eigenvalue weighted by atomic mass is 16.5. The van der Waals surface area contributed by atoms with Gasteiger partial charge in [-0.05, 0) is 24.3 Å². The molecule has 0 fully saturated rings. The number of ether oxygens (including phenoxy) is 1. The first-order valence-corrected chi connectivity index (χ1v) is 6.71. The van der Waals surface area contributed by atoms with Gasteiger partial charge in [0.05, 0.1) is 12.8 Å². The van der Waals surface area contributed by atoms with Crippen LogP contribution in [0.2, 0.25) is 0 Å². The number of hydrogen-bond donors (Lipinski definition) is 2. The maximum atomic E-state index is 12.0. The molecule has 0 unspecified atom stereocenters. The van der Waals surface area contributed by atoms with Crippen LogP contribution in [0.3, 0.4) is 0 Å². The molecule has 1 aromatic carbocycles. The quantitative estimate of drug-likeness (QED) is 0.871. The molecule has 2 N–H and O–H groups in total. The van der Waals surface area contributed by atoms with Crippen molar-refractivity contribution in [1.82, 2.24) is 15.1 Å². The van der Waals surface area contributed by atoms with Crippen molar-refractivity contribution in [2.75, 3.05) is 7.11 Å². The summed E-state index contributed by atoms with van der Waals surface area (Å²) in [6.07, 6.45) is 0. The Bertz CT molecular complexity index is 663. The van der Waals surface area contributed by atoms with Crippen LogP contribution < -0.4 is 15.6 Å². The van der Waals surface area contributed by atoms with Crippen molar-refractivity contribution in [3.63, 3.8) is 0 Å². The third-order valence-electron chi connectivity index (χ3n) is 2.98. The van der Waals surface area contributed by atoms with Crippen LogP contribution in [0.4, 0.5) is 0 Å². The summed E-state index contributed by atoms with van der Waals surface area (Å²) in [5.41, 5.74) is 0.664. The van der Waals surface area contributed by atoms with Crippen LogP contribution in [0.25, 0.3) is 5.69 Å². The van der Waals surface area contributed by atoms with Gasteiger partial charge in [0.15, 0.2) is 0 Å². The fourth-order valence-electron chi connectivity index (χ4n) is 1.82. The molecule has 21 heavy (non-hydrogen) atoms. The predicted octanol–water partition coefficient (Wildman–Crippen LogP) is 1.44. The molecule has 1 heterocycles. The van der Waals surface area contributed by atoms with E-state index >= 15 is 0 Å². The fraction of sp³-hybridized carbons (Fsp3) is 0.333. The van der Waals surface area contributed by atoms with Crippen LogP contribution in [0, 0.1) is 0 Å². The van der Waals surface area contributed by atoms with Crippen molar-refractivity contribution in [2.24, 2.45) is 0 Å². The molecular weight excluding hydrogens is 270 g/mol. The van der Waals surface area contributed by atoms with Crippen molar-refractivity contribution < 1.29 is 9.84 Å². The standard InChI is InChI=1S/C15H19N3O3/c1-10(2)16-9-13-14(19)8-15(20)18(17-13)11-4-6-12(21-3)7-5-11/h4-8,10,16,19H,9H2,1-3H3. The van der Waals surface area contributed by atoms with Crippen LogP contribution in [0.15, 0.2) is 35.1 Å². The average molecular weight is 289 g/mol. The van der Waals surface area contributed by atoms with E-state index in [-0.39, 0.29) is 17.4 Å². The molecule has 6 heteroatoms. The Morgan fingerprint density at radius 2 is 2.00 bits per heavy atom. The third-order valence-corrected chi connectivity index (χ3v) is 2.98. The lowest BCUT2D eigenvalue weighted by molar-refractivity contribution is 0.414. The van der Waals surface area contributed by atoms with Gasteiger partial charge >= 0.3 is 0 Å². The number of benzene rings is 1. The molecule has 0 spiro atoms. The summed E-state index contributed by atoms with van der Waals surface area (Å²) in [4.78, 5) is 12.0. The summed E-state index contributed by atoms with van der Waals surface area (Å²) >= 11 is 0. The molecule has 0 saturated carbocycles. The molecule has 0 aliphatic rings. The van der Waals surface area contributed by atoms with Gasteiger partial charge in [0, 0.05) is 18.7 Å². The molecule has 0 bridgehead atoms. The molecule has 0 amide bonds. The van der Waals surface area contributed by atoms with Gasteiger partial charge in [0.1, 0.15) is 17.2 Å². The Kier molecular flexibility index (Phi) is 4.59. The van der Waals surface area contributed by atoms with E-state index in [4.69, 9.17) is 4.74 Å². The topological polar surface area (TPSA) is 76.4 Å². The minimum atomic E-state index is -0.383. The van der Waals surface area contributed by atoms with Crippen molar-refractivity contribution in [1.29, 1.82) is 0 Å². The lowest BCUT2D eigenvalue weighted by Gasteiger charge is -2.11. The molecule has 2 rings (SSSR count). The van der Waals surface area contributed by atoms with Crippen molar-refractivity contribution >= 4 is 0 Å². The summed E-state index contributed by atoms with van der Waals surface area (Å²) in [6, 6.07) is 8.42. The molecule has 0 aliphatic heterocycles. The highest BCUT2D eigenvalue weighted by molar-refractivity contribution is 5.37. The third kappa shape index (κ3) is 3.61. The Balaban J connectivity index is 2.38. The molecule has 112 valence electrons. The molecule has 0 aliphatic carbocycles. The van der Waals surface area contributed by atoms with Crippen LogP contribution in [-0.2, 0) is 6.54 Å². The summed E-state index contributed by atoms with van der Waals surface area (Å²) in [7, 11) is 1.58. The molecule has 2 aromatic rings. The van der Waals surface area contributed by atoms with Gasteiger partial charge in [-0.15, -0.1) is 0 Å². The minimum Gasteiger partial charge on any atom is -0.506 e. The second-order valence-corrected chi connectivity index (χ2v) is 4.96. The Labute approximate surface area is 123 Å². The number of aromatic nitrogens is 2. The zero-order valence-corrected chi connectivity index (χ0v) is 12.3. The number of aromatic hydroxyl groups is 1. The van der Waals surface area contributed by atoms with E-state index in [0.29, 0.717) is 23.7 Å². The molecule has 1 aromatic heterocycles. The van der Waals surface area contributed by atoms with Gasteiger partial charge in [-0.2, -0.15) is 9.78 Å². The monoisotopic (exact) mass is 289 g/mol. The minimum absolute atomic E-state index is 0.0992. The van der Waals surface area contributed by atoms with E-state index in [1.54, 1.807) is 31.4 Å². The van der Waals surface area contributed by atoms with E-state index in [0.717, 1.165) is 0 Å². The van der Waals surface area contributed by atoms with Crippen LogP contribution >= 0.6 is 0 Å². The lowest BCUT2D eigenvalue weighted by Crippen LogP contribution is -2.26. The maximum absolute atomic E-state index is 12.0. The van der Waals surface area contributed by atoms with E-state index in [1.165, 1.54) is 10.7 Å². The number of methoxy groups -OCH3 is 1. The normalized spacial score (nSPS) is 10.9. The number of hydrogen-bond acceptors (Lipinski definition) is 5. The Morgan fingerprint density at radius 3 is 2.57 bits per heavy atom. The van der Waals surface area contributed by atoms with Crippen LogP contribution in [-0.4, -0.2) is 28.0 Å².